The van der Waals surface area contributed by atoms with Gasteiger partial charge in [-0.3, -0.25) is 9.48 Å². The number of aromatic nitrogens is 4. The van der Waals surface area contributed by atoms with Crippen molar-refractivity contribution in [2.75, 3.05) is 23.3 Å². The molecule has 1 amide bonds. The summed E-state index contributed by atoms with van der Waals surface area (Å²) in [5.41, 5.74) is 1.61. The number of hydrogen-bond donors (Lipinski definition) is 3. The predicted molar refractivity (Wildman–Crippen MR) is 119 cm³/mol. The van der Waals surface area contributed by atoms with Gasteiger partial charge in [-0.05, 0) is 12.8 Å². The molecular formula is C19H19ClF3N7O3S. The van der Waals surface area contributed by atoms with E-state index in [2.05, 4.69) is 25.6 Å². The number of carboxylic acid groups (broad SMARTS) is 1. The Kier molecular flexibility index (Phi) is 6.64. The van der Waals surface area contributed by atoms with E-state index in [-0.39, 0.29) is 11.1 Å². The summed E-state index contributed by atoms with van der Waals surface area (Å²) in [4.78, 5) is 34.1. The lowest BCUT2D eigenvalue weighted by Crippen LogP contribution is -2.61. The van der Waals surface area contributed by atoms with Crippen molar-refractivity contribution in [3.8, 4) is 0 Å². The van der Waals surface area contributed by atoms with Crippen LogP contribution in [0.4, 0.5) is 24.7 Å². The number of amides is 1. The van der Waals surface area contributed by atoms with Crippen LogP contribution in [0.2, 0.25) is 5.15 Å². The summed E-state index contributed by atoms with van der Waals surface area (Å²) in [5.74, 6) is -2.18. The molecule has 3 saturated heterocycles. The molecule has 3 fully saturated rings. The number of alkyl halides is 3. The van der Waals surface area contributed by atoms with E-state index < -0.39 is 12.1 Å². The van der Waals surface area contributed by atoms with Crippen LogP contribution in [0.1, 0.15) is 23.2 Å². The molecule has 2 bridgehead atoms. The van der Waals surface area contributed by atoms with Crippen LogP contribution in [0.25, 0.3) is 10.3 Å². The number of rotatable bonds is 3. The third-order valence-corrected chi connectivity index (χ3v) is 6.59. The number of fused-ring (bicyclic) bond motifs is 4. The number of carbonyl (C=O) groups is 2. The summed E-state index contributed by atoms with van der Waals surface area (Å²) in [6.45, 7) is 1.91. The quantitative estimate of drug-likeness (QED) is 0.484. The lowest BCUT2D eigenvalue weighted by atomic mass is 9.93. The van der Waals surface area contributed by atoms with Crippen molar-refractivity contribution in [2.45, 2.75) is 31.1 Å². The van der Waals surface area contributed by atoms with E-state index in [0.29, 0.717) is 28.9 Å². The molecule has 3 aliphatic heterocycles. The van der Waals surface area contributed by atoms with E-state index in [9.17, 15) is 18.0 Å². The third-order valence-electron chi connectivity index (χ3n) is 5.43. The largest absolute Gasteiger partial charge is 0.490 e. The number of nitrogens with zero attached hydrogens (tertiary/aromatic N) is 5. The average molecular weight is 518 g/mol. The number of aryl methyl sites for hydroxylation is 1. The molecule has 0 radical (unpaired) electrons. The summed E-state index contributed by atoms with van der Waals surface area (Å²) in [6, 6.07) is 0.942. The number of piperazine rings is 1. The highest BCUT2D eigenvalue weighted by molar-refractivity contribution is 7.17. The zero-order valence-electron chi connectivity index (χ0n) is 17.6. The molecule has 2 atom stereocenters. The summed E-state index contributed by atoms with van der Waals surface area (Å²) in [7, 11) is 1.75. The van der Waals surface area contributed by atoms with Crippen LogP contribution in [-0.2, 0) is 11.8 Å². The summed E-state index contributed by atoms with van der Waals surface area (Å²) in [6.07, 6.45) is 0.769. The lowest BCUT2D eigenvalue weighted by Gasteiger charge is -2.46. The van der Waals surface area contributed by atoms with Crippen molar-refractivity contribution < 1.29 is 27.9 Å². The smallest absolute Gasteiger partial charge is 0.475 e. The van der Waals surface area contributed by atoms with Gasteiger partial charge in [0.15, 0.2) is 5.15 Å². The van der Waals surface area contributed by atoms with Gasteiger partial charge in [-0.2, -0.15) is 18.3 Å². The van der Waals surface area contributed by atoms with E-state index in [1.54, 1.807) is 23.3 Å². The zero-order chi connectivity index (χ0) is 24.6. The van der Waals surface area contributed by atoms with Crippen LogP contribution in [0.15, 0.2) is 17.8 Å². The van der Waals surface area contributed by atoms with Crippen LogP contribution in [-0.4, -0.2) is 68.1 Å². The maximum absolute atomic E-state index is 12.8. The first-order valence-corrected chi connectivity index (χ1v) is 11.3. The number of halogens is 4. The Morgan fingerprint density at radius 3 is 2.62 bits per heavy atom. The summed E-state index contributed by atoms with van der Waals surface area (Å²) in [5, 5.41) is 19.6. The Bertz CT molecular complexity index is 1220. The van der Waals surface area contributed by atoms with Gasteiger partial charge in [-0.1, -0.05) is 11.6 Å². The summed E-state index contributed by atoms with van der Waals surface area (Å²) < 4.78 is 33.3. The van der Waals surface area contributed by atoms with Crippen LogP contribution in [0.5, 0.6) is 0 Å². The van der Waals surface area contributed by atoms with Crippen LogP contribution >= 0.6 is 22.9 Å². The number of piperidine rings is 2. The maximum Gasteiger partial charge on any atom is 0.490 e. The van der Waals surface area contributed by atoms with Gasteiger partial charge in [0, 0.05) is 43.8 Å². The molecule has 15 heteroatoms. The van der Waals surface area contributed by atoms with Crippen LogP contribution in [0.3, 0.4) is 0 Å². The molecular weight excluding hydrogens is 499 g/mol. The van der Waals surface area contributed by atoms with Gasteiger partial charge in [0.25, 0.3) is 5.91 Å². The van der Waals surface area contributed by atoms with E-state index >= 15 is 0 Å². The van der Waals surface area contributed by atoms with E-state index in [0.717, 1.165) is 30.2 Å². The maximum atomic E-state index is 12.8. The van der Waals surface area contributed by atoms with Gasteiger partial charge in [0.05, 0.1) is 17.4 Å². The second kappa shape index (κ2) is 9.35. The highest BCUT2D eigenvalue weighted by Gasteiger charge is 2.38. The minimum Gasteiger partial charge on any atom is -0.475 e. The molecule has 3 aromatic rings. The number of thiophene rings is 1. The lowest BCUT2D eigenvalue weighted by molar-refractivity contribution is -0.192. The molecule has 6 heterocycles. The van der Waals surface area contributed by atoms with Gasteiger partial charge in [-0.15, -0.1) is 11.3 Å². The molecule has 10 nitrogen and oxygen atoms in total. The van der Waals surface area contributed by atoms with E-state index in [4.69, 9.17) is 26.5 Å². The highest BCUT2D eigenvalue weighted by Crippen LogP contribution is 2.30. The van der Waals surface area contributed by atoms with Crippen molar-refractivity contribution >= 4 is 56.7 Å². The monoisotopic (exact) mass is 517 g/mol. The molecule has 6 rings (SSSR count). The van der Waals surface area contributed by atoms with Crippen molar-refractivity contribution in [1.29, 1.82) is 0 Å². The Morgan fingerprint density at radius 1 is 1.35 bits per heavy atom. The van der Waals surface area contributed by atoms with Gasteiger partial charge >= 0.3 is 12.1 Å². The van der Waals surface area contributed by atoms with Gasteiger partial charge in [-0.25, -0.2) is 14.8 Å². The normalized spacial score (nSPS) is 19.6. The fraction of sp³-hybridized carbons (Fsp3) is 0.421. The minimum atomic E-state index is -5.08. The minimum absolute atomic E-state index is 0.258. The third kappa shape index (κ3) is 5.08. The molecule has 0 saturated carbocycles. The number of hydrogen-bond acceptors (Lipinski definition) is 8. The molecule has 0 aromatic carbocycles. The second-order valence-electron chi connectivity index (χ2n) is 7.78. The fourth-order valence-electron chi connectivity index (χ4n) is 3.82. The second-order valence-corrected chi connectivity index (χ2v) is 9.00. The average Bonchev–Trinajstić information content (AvgIpc) is 3.36. The summed E-state index contributed by atoms with van der Waals surface area (Å²) >= 11 is 7.46. The van der Waals surface area contributed by atoms with Crippen molar-refractivity contribution in [3.63, 3.8) is 0 Å². The Labute approximate surface area is 199 Å². The van der Waals surface area contributed by atoms with Crippen LogP contribution < -0.4 is 15.5 Å². The number of carboxylic acids is 1. The molecule has 0 spiro atoms. The number of nitrogens with one attached hydrogen (secondary N) is 2. The number of carbonyl (C=O) groups excluding carboxylic acids is 1. The van der Waals surface area contributed by atoms with Crippen molar-refractivity contribution in [2.24, 2.45) is 7.05 Å². The van der Waals surface area contributed by atoms with Crippen molar-refractivity contribution in [3.05, 3.63) is 28.5 Å². The SMILES string of the molecule is Cn1cc(NC(=O)c2csc3ncc(N4C[C@H]5CC[C@@H]4CN5)nc23)c(Cl)n1.O=C(O)C(F)(F)F. The Morgan fingerprint density at radius 2 is 2.09 bits per heavy atom. The first kappa shape index (κ1) is 24.2. The Hall–Kier alpha value is -2.97. The molecule has 3 aliphatic rings. The number of anilines is 2. The van der Waals surface area contributed by atoms with E-state index in [1.807, 2.05) is 6.20 Å². The molecule has 3 N–H and O–H groups in total. The zero-order valence-corrected chi connectivity index (χ0v) is 19.2. The first-order chi connectivity index (χ1) is 16.0. The molecule has 0 unspecified atom stereocenters. The van der Waals surface area contributed by atoms with Gasteiger partial charge in [0.1, 0.15) is 16.2 Å². The topological polar surface area (TPSA) is 125 Å². The standard InChI is InChI=1S/C17H18ClN7OS.C2HF3O2/c1-24-7-12(15(18)23-24)21-16(26)11-8-27-17-14(11)22-13(5-20-17)25-6-9-2-3-10(25)4-19-9;3-2(4,5)1(6)7/h5,7-10,19H,2-4,6H2,1H3,(H,21,26);(H,6,7)/t9-,10-;/m1./s1. The molecule has 0 aliphatic carbocycles. The molecule has 182 valence electrons. The first-order valence-electron chi connectivity index (χ1n) is 10.1. The van der Waals surface area contributed by atoms with Crippen LogP contribution in [0, 0.1) is 0 Å². The number of aliphatic carboxylic acids is 1. The predicted octanol–water partition coefficient (Wildman–Crippen LogP) is 2.90. The Balaban J connectivity index is 0.000000344. The van der Waals surface area contributed by atoms with Crippen molar-refractivity contribution in [1.82, 2.24) is 25.1 Å². The van der Waals surface area contributed by atoms with Gasteiger partial charge in [0.2, 0.25) is 0 Å². The van der Waals surface area contributed by atoms with Gasteiger partial charge < -0.3 is 20.6 Å². The molecule has 3 aromatic heterocycles. The fourth-order valence-corrected chi connectivity index (χ4v) is 4.87. The van der Waals surface area contributed by atoms with E-state index in [1.165, 1.54) is 17.8 Å². The molecule has 34 heavy (non-hydrogen) atoms. The highest BCUT2D eigenvalue weighted by atomic mass is 35.5.